The van der Waals surface area contributed by atoms with E-state index in [1.54, 1.807) is 0 Å². The molecule has 2 saturated heterocycles. The maximum atomic E-state index is 2.81. The minimum absolute atomic E-state index is 0.732. The van der Waals surface area contributed by atoms with E-state index in [0.29, 0.717) is 0 Å². The summed E-state index contributed by atoms with van der Waals surface area (Å²) in [6.45, 7) is 14.8. The molecule has 2 nitrogen and oxygen atoms in total. The van der Waals surface area contributed by atoms with Crippen LogP contribution in [0.25, 0.3) is 0 Å². The van der Waals surface area contributed by atoms with Crippen molar-refractivity contribution in [3.05, 3.63) is 0 Å². The first kappa shape index (κ1) is 14.3. The Morgan fingerprint density at radius 2 is 1.56 bits per heavy atom. The molecule has 0 bridgehead atoms. The molecule has 0 amide bonds. The SMILES string of the molecule is CC(C)C1CCCN(C2CCN(C(C)C)CC2)C1. The zero-order valence-electron chi connectivity index (χ0n) is 12.9. The van der Waals surface area contributed by atoms with Crippen molar-refractivity contribution in [3.63, 3.8) is 0 Å². The highest BCUT2D eigenvalue weighted by atomic mass is 15.2. The molecule has 0 aliphatic carbocycles. The fourth-order valence-electron chi connectivity index (χ4n) is 3.68. The van der Waals surface area contributed by atoms with Crippen LogP contribution in [0, 0.1) is 11.8 Å². The predicted octanol–water partition coefficient (Wildman–Crippen LogP) is 3.23. The van der Waals surface area contributed by atoms with E-state index in [1.165, 1.54) is 51.9 Å². The van der Waals surface area contributed by atoms with Gasteiger partial charge in [0.1, 0.15) is 0 Å². The van der Waals surface area contributed by atoms with Crippen molar-refractivity contribution in [2.24, 2.45) is 11.8 Å². The van der Waals surface area contributed by atoms with Gasteiger partial charge >= 0.3 is 0 Å². The molecule has 0 aromatic rings. The van der Waals surface area contributed by atoms with Crippen molar-refractivity contribution in [2.75, 3.05) is 26.2 Å². The number of nitrogens with zero attached hydrogens (tertiary/aromatic N) is 2. The van der Waals surface area contributed by atoms with Gasteiger partial charge in [0.25, 0.3) is 0 Å². The van der Waals surface area contributed by atoms with Gasteiger partial charge in [-0.2, -0.15) is 0 Å². The van der Waals surface area contributed by atoms with Crippen LogP contribution in [0.1, 0.15) is 53.4 Å². The molecular weight excluding hydrogens is 220 g/mol. The van der Waals surface area contributed by atoms with Crippen molar-refractivity contribution in [1.82, 2.24) is 9.80 Å². The lowest BCUT2D eigenvalue weighted by atomic mass is 9.86. The summed E-state index contributed by atoms with van der Waals surface area (Å²) in [7, 11) is 0. The number of hydrogen-bond donors (Lipinski definition) is 0. The van der Waals surface area contributed by atoms with Crippen molar-refractivity contribution >= 4 is 0 Å². The Morgan fingerprint density at radius 3 is 2.11 bits per heavy atom. The smallest absolute Gasteiger partial charge is 0.0120 e. The molecule has 0 aromatic carbocycles. The number of likely N-dealkylation sites (tertiary alicyclic amines) is 2. The van der Waals surface area contributed by atoms with E-state index >= 15 is 0 Å². The van der Waals surface area contributed by atoms with Gasteiger partial charge < -0.3 is 9.80 Å². The second kappa shape index (κ2) is 6.38. The largest absolute Gasteiger partial charge is 0.301 e. The summed E-state index contributed by atoms with van der Waals surface area (Å²) in [6.07, 6.45) is 5.66. The first-order chi connectivity index (χ1) is 8.58. The van der Waals surface area contributed by atoms with Crippen LogP contribution in [0.2, 0.25) is 0 Å². The molecule has 0 saturated carbocycles. The van der Waals surface area contributed by atoms with Crippen LogP contribution < -0.4 is 0 Å². The Kier molecular flexibility index (Phi) is 5.08. The summed E-state index contributed by atoms with van der Waals surface area (Å²) in [6, 6.07) is 1.61. The lowest BCUT2D eigenvalue weighted by Gasteiger charge is -2.44. The summed E-state index contributed by atoms with van der Waals surface area (Å²) in [5.74, 6) is 1.81. The van der Waals surface area contributed by atoms with Crippen molar-refractivity contribution in [3.8, 4) is 0 Å². The second-order valence-electron chi connectivity index (χ2n) is 7.00. The van der Waals surface area contributed by atoms with E-state index in [1.807, 2.05) is 0 Å². The molecule has 1 atom stereocenters. The topological polar surface area (TPSA) is 6.48 Å². The third kappa shape index (κ3) is 3.48. The predicted molar refractivity (Wildman–Crippen MR) is 78.9 cm³/mol. The van der Waals surface area contributed by atoms with Crippen LogP contribution in [0.15, 0.2) is 0 Å². The quantitative estimate of drug-likeness (QED) is 0.761. The molecule has 2 fully saturated rings. The van der Waals surface area contributed by atoms with Crippen LogP contribution in [0.4, 0.5) is 0 Å². The van der Waals surface area contributed by atoms with E-state index in [4.69, 9.17) is 0 Å². The summed E-state index contributed by atoms with van der Waals surface area (Å²) < 4.78 is 0. The lowest BCUT2D eigenvalue weighted by molar-refractivity contribution is 0.0524. The van der Waals surface area contributed by atoms with Gasteiger partial charge in [0, 0.05) is 18.6 Å². The van der Waals surface area contributed by atoms with Gasteiger partial charge in [-0.15, -0.1) is 0 Å². The average Bonchev–Trinajstić information content (AvgIpc) is 2.39. The van der Waals surface area contributed by atoms with Crippen LogP contribution in [-0.2, 0) is 0 Å². The highest BCUT2D eigenvalue weighted by Crippen LogP contribution is 2.28. The molecule has 1 unspecified atom stereocenters. The van der Waals surface area contributed by atoms with Gasteiger partial charge in [-0.05, 0) is 71.0 Å². The van der Waals surface area contributed by atoms with Gasteiger partial charge in [0.15, 0.2) is 0 Å². The van der Waals surface area contributed by atoms with Crippen LogP contribution >= 0.6 is 0 Å². The standard InChI is InChI=1S/C16H32N2/c1-13(2)15-6-5-9-18(12-15)16-7-10-17(11-8-16)14(3)4/h13-16H,5-12H2,1-4H3. The van der Waals surface area contributed by atoms with Crippen molar-refractivity contribution < 1.29 is 0 Å². The summed E-state index contributed by atoms with van der Waals surface area (Å²) >= 11 is 0. The van der Waals surface area contributed by atoms with Crippen molar-refractivity contribution in [2.45, 2.75) is 65.5 Å². The van der Waals surface area contributed by atoms with Crippen LogP contribution in [0.3, 0.4) is 0 Å². The van der Waals surface area contributed by atoms with Crippen LogP contribution in [-0.4, -0.2) is 48.1 Å². The Hall–Kier alpha value is -0.0800. The molecule has 2 heterocycles. The molecule has 2 aliphatic rings. The minimum atomic E-state index is 0.732. The number of rotatable bonds is 3. The Labute approximate surface area is 114 Å². The Balaban J connectivity index is 1.82. The van der Waals surface area contributed by atoms with E-state index in [0.717, 1.165) is 23.9 Å². The fourth-order valence-corrected chi connectivity index (χ4v) is 3.68. The molecule has 0 aromatic heterocycles. The molecule has 2 aliphatic heterocycles. The average molecular weight is 252 g/mol. The molecular formula is C16H32N2. The van der Waals surface area contributed by atoms with Gasteiger partial charge in [0.2, 0.25) is 0 Å². The summed E-state index contributed by atoms with van der Waals surface area (Å²) in [5.41, 5.74) is 0. The van der Waals surface area contributed by atoms with E-state index in [9.17, 15) is 0 Å². The molecule has 2 heteroatoms. The van der Waals surface area contributed by atoms with E-state index in [-0.39, 0.29) is 0 Å². The first-order valence-corrected chi connectivity index (χ1v) is 8.06. The minimum Gasteiger partial charge on any atom is -0.301 e. The zero-order valence-corrected chi connectivity index (χ0v) is 12.9. The molecule has 106 valence electrons. The maximum Gasteiger partial charge on any atom is 0.0120 e. The Bertz CT molecular complexity index is 241. The van der Waals surface area contributed by atoms with Gasteiger partial charge in [0.05, 0.1) is 0 Å². The molecule has 0 N–H and O–H groups in total. The highest BCUT2D eigenvalue weighted by Gasteiger charge is 2.30. The summed E-state index contributed by atoms with van der Waals surface area (Å²) in [5, 5.41) is 0. The third-order valence-electron chi connectivity index (χ3n) is 5.18. The molecule has 0 radical (unpaired) electrons. The lowest BCUT2D eigenvalue weighted by Crippen LogP contribution is -2.50. The monoisotopic (exact) mass is 252 g/mol. The van der Waals surface area contributed by atoms with Crippen molar-refractivity contribution in [1.29, 1.82) is 0 Å². The maximum absolute atomic E-state index is 2.81. The number of hydrogen-bond acceptors (Lipinski definition) is 2. The number of piperidine rings is 2. The van der Waals surface area contributed by atoms with Crippen LogP contribution in [0.5, 0.6) is 0 Å². The summed E-state index contributed by atoms with van der Waals surface area (Å²) in [4.78, 5) is 5.45. The van der Waals surface area contributed by atoms with E-state index in [2.05, 4.69) is 37.5 Å². The van der Waals surface area contributed by atoms with Gasteiger partial charge in [-0.25, -0.2) is 0 Å². The Morgan fingerprint density at radius 1 is 0.889 bits per heavy atom. The second-order valence-corrected chi connectivity index (χ2v) is 7.00. The molecule has 0 spiro atoms. The first-order valence-electron chi connectivity index (χ1n) is 8.06. The third-order valence-corrected chi connectivity index (χ3v) is 5.18. The van der Waals surface area contributed by atoms with Gasteiger partial charge in [-0.3, -0.25) is 0 Å². The molecule has 18 heavy (non-hydrogen) atoms. The molecule has 2 rings (SSSR count). The fraction of sp³-hybridized carbons (Fsp3) is 1.00. The highest BCUT2D eigenvalue weighted by molar-refractivity contribution is 4.85. The van der Waals surface area contributed by atoms with Gasteiger partial charge in [-0.1, -0.05) is 13.8 Å². The normalized spacial score (nSPS) is 29.3. The zero-order chi connectivity index (χ0) is 13.1. The van der Waals surface area contributed by atoms with E-state index < -0.39 is 0 Å².